The van der Waals surface area contributed by atoms with E-state index in [1.807, 2.05) is 94.6 Å². The molecule has 8 heteroatoms. The summed E-state index contributed by atoms with van der Waals surface area (Å²) >= 11 is 0. The summed E-state index contributed by atoms with van der Waals surface area (Å²) in [5.41, 5.74) is 13.7. The van der Waals surface area contributed by atoms with Crippen molar-refractivity contribution in [1.82, 2.24) is 19.6 Å². The molecule has 0 unspecified atom stereocenters. The van der Waals surface area contributed by atoms with Crippen LogP contribution in [0.2, 0.25) is 0 Å². The van der Waals surface area contributed by atoms with Gasteiger partial charge in [0.25, 0.3) is 0 Å². The van der Waals surface area contributed by atoms with Crippen molar-refractivity contribution in [3.63, 3.8) is 0 Å². The van der Waals surface area contributed by atoms with E-state index in [0.717, 1.165) is 33.9 Å². The molecule has 322 valence electrons. The van der Waals surface area contributed by atoms with E-state index < -0.39 is 0 Å². The maximum atomic E-state index is 6.76. The SMILES string of the molecule is C.CC(C)c1cccc(C(C)C)c1-c1cnn(-c2[c-]c(N3c4[c-]c(-n5cc(-c6c(C(C)C)cccc6C(C)C)cn5)ccc4Oc4ccccc4Oc4ccccc43)ccc2)c1.[Pt+2]. The predicted molar refractivity (Wildman–Crippen MR) is 254 cm³/mol. The first-order valence-corrected chi connectivity index (χ1v) is 21.3. The zero-order valence-electron chi connectivity index (χ0n) is 36.5. The fraction of sp³-hybridized carbons (Fsp3) is 0.236. The Kier molecular flexibility index (Phi) is 13.3. The van der Waals surface area contributed by atoms with Crippen molar-refractivity contribution in [2.75, 3.05) is 4.90 Å². The molecule has 1 aliphatic heterocycles. The van der Waals surface area contributed by atoms with E-state index in [4.69, 9.17) is 19.7 Å². The largest absolute Gasteiger partial charge is 2.00 e. The van der Waals surface area contributed by atoms with E-state index in [1.54, 1.807) is 0 Å². The third kappa shape index (κ3) is 8.64. The Bertz CT molecular complexity index is 2820. The van der Waals surface area contributed by atoms with E-state index in [2.05, 4.69) is 127 Å². The first-order chi connectivity index (χ1) is 29.5. The molecule has 0 bridgehead atoms. The molecule has 0 N–H and O–H groups in total. The average molecular weight is 1010 g/mol. The normalized spacial score (nSPS) is 12.0. The molecule has 9 rings (SSSR count). The summed E-state index contributed by atoms with van der Waals surface area (Å²) in [5.74, 6) is 3.90. The summed E-state index contributed by atoms with van der Waals surface area (Å²) in [5, 5.41) is 9.88. The number of fused-ring (bicyclic) bond motifs is 3. The summed E-state index contributed by atoms with van der Waals surface area (Å²) in [7, 11) is 0. The molecular weight excluding hydrogens is 958 g/mol. The van der Waals surface area contributed by atoms with Crippen molar-refractivity contribution < 1.29 is 30.5 Å². The number of rotatable bonds is 9. The van der Waals surface area contributed by atoms with Gasteiger partial charge in [-0.25, -0.2) is 0 Å². The maximum Gasteiger partial charge on any atom is 2.00 e. The smallest absolute Gasteiger partial charge is 0.511 e. The second-order valence-corrected chi connectivity index (χ2v) is 17.0. The second-order valence-electron chi connectivity index (χ2n) is 17.0. The second kappa shape index (κ2) is 18.7. The minimum absolute atomic E-state index is 0. The van der Waals surface area contributed by atoms with Crippen LogP contribution >= 0.6 is 0 Å². The fourth-order valence-corrected chi connectivity index (χ4v) is 8.44. The molecule has 0 saturated heterocycles. The average Bonchev–Trinajstić information content (AvgIpc) is 3.97. The summed E-state index contributed by atoms with van der Waals surface area (Å²) < 4.78 is 17.3. The monoisotopic (exact) mass is 1010 g/mol. The molecule has 6 aromatic carbocycles. The molecule has 63 heavy (non-hydrogen) atoms. The molecule has 0 saturated carbocycles. The van der Waals surface area contributed by atoms with E-state index in [-0.39, 0.29) is 28.5 Å². The molecule has 0 radical (unpaired) electrons. The van der Waals surface area contributed by atoms with Gasteiger partial charge in [-0.2, -0.15) is 16.3 Å². The van der Waals surface area contributed by atoms with Gasteiger partial charge in [0.1, 0.15) is 0 Å². The van der Waals surface area contributed by atoms with Gasteiger partial charge in [0.15, 0.2) is 17.2 Å². The van der Waals surface area contributed by atoms with Crippen LogP contribution in [-0.4, -0.2) is 19.6 Å². The van der Waals surface area contributed by atoms with E-state index >= 15 is 0 Å². The molecule has 2 aromatic heterocycles. The van der Waals surface area contributed by atoms with Crippen LogP contribution in [0.4, 0.5) is 17.1 Å². The first kappa shape index (κ1) is 44.9. The number of ether oxygens (including phenoxy) is 2. The summed E-state index contributed by atoms with van der Waals surface area (Å²) in [6, 6.07) is 46.7. The van der Waals surface area contributed by atoms with E-state index in [1.165, 1.54) is 33.4 Å². The van der Waals surface area contributed by atoms with Gasteiger partial charge in [0, 0.05) is 29.3 Å². The Morgan fingerprint density at radius 1 is 0.444 bits per heavy atom. The van der Waals surface area contributed by atoms with Crippen LogP contribution < -0.4 is 14.4 Å². The van der Waals surface area contributed by atoms with Crippen molar-refractivity contribution in [1.29, 1.82) is 0 Å². The van der Waals surface area contributed by atoms with Gasteiger partial charge >= 0.3 is 21.1 Å². The van der Waals surface area contributed by atoms with Crippen LogP contribution in [0, 0.1) is 12.1 Å². The zero-order valence-corrected chi connectivity index (χ0v) is 38.7. The number of benzene rings is 6. The van der Waals surface area contributed by atoms with Crippen LogP contribution in [-0.2, 0) is 21.1 Å². The number of aromatic nitrogens is 4. The molecule has 0 amide bonds. The third-order valence-electron chi connectivity index (χ3n) is 11.5. The quantitative estimate of drug-likeness (QED) is 0.135. The van der Waals surface area contributed by atoms with Crippen molar-refractivity contribution in [2.24, 2.45) is 0 Å². The van der Waals surface area contributed by atoms with Crippen LogP contribution in [0.15, 0.2) is 140 Å². The van der Waals surface area contributed by atoms with Gasteiger partial charge in [-0.1, -0.05) is 129 Å². The Morgan fingerprint density at radius 3 is 1.38 bits per heavy atom. The van der Waals surface area contributed by atoms with Crippen LogP contribution in [0.1, 0.15) is 109 Å². The molecule has 1 aliphatic rings. The Balaban J connectivity index is 0.00000298. The molecule has 0 spiro atoms. The molecule has 0 atom stereocenters. The maximum absolute atomic E-state index is 6.76. The topological polar surface area (TPSA) is 57.3 Å². The molecule has 7 nitrogen and oxygen atoms in total. The molecule has 0 aliphatic carbocycles. The van der Waals surface area contributed by atoms with Gasteiger partial charge in [-0.15, -0.1) is 36.4 Å². The van der Waals surface area contributed by atoms with Gasteiger partial charge in [0.2, 0.25) is 0 Å². The molecule has 8 aromatic rings. The van der Waals surface area contributed by atoms with Crippen molar-refractivity contribution >= 4 is 17.1 Å². The van der Waals surface area contributed by atoms with Gasteiger partial charge in [-0.05, 0) is 98.4 Å². The number of hydrogen-bond donors (Lipinski definition) is 0. The minimum atomic E-state index is 0. The molecule has 0 fully saturated rings. The number of hydrogen-bond acceptors (Lipinski definition) is 5. The van der Waals surface area contributed by atoms with Gasteiger partial charge in [0.05, 0.1) is 18.1 Å². The minimum Gasteiger partial charge on any atom is -0.511 e. The zero-order chi connectivity index (χ0) is 42.4. The molecule has 3 heterocycles. The number of para-hydroxylation sites is 4. The van der Waals surface area contributed by atoms with Gasteiger partial charge in [-0.3, -0.25) is 9.36 Å². The molecular formula is C55H55N5O2Pt. The van der Waals surface area contributed by atoms with Crippen molar-refractivity contribution in [3.05, 3.63) is 174 Å². The summed E-state index contributed by atoms with van der Waals surface area (Å²) in [4.78, 5) is 2.11. The standard InChI is InChI=1S/C54H51N5O2.CH4.Pt/c1-34(2)43-18-14-19-44(35(3)4)53(43)38-30-55-57(32-38)40-16-13-17-42(28-40)59-47-22-9-10-23-49(47)60-51-24-11-12-25-52(51)61-50-27-26-41(29-48(50)59)58-33-39(31-56-58)54-45(36(5)6)20-15-21-46(54)37(7)8;;/h9-27,30-37H,1-8H3;1H4;/q-2;;+2. The first-order valence-electron chi connectivity index (χ1n) is 21.3. The van der Waals surface area contributed by atoms with Crippen molar-refractivity contribution in [3.8, 4) is 56.6 Å². The van der Waals surface area contributed by atoms with Crippen LogP contribution in [0.25, 0.3) is 33.6 Å². The van der Waals surface area contributed by atoms with Crippen molar-refractivity contribution in [2.45, 2.75) is 86.5 Å². The number of anilines is 3. The Morgan fingerprint density at radius 2 is 0.873 bits per heavy atom. The third-order valence-corrected chi connectivity index (χ3v) is 11.5. The van der Waals surface area contributed by atoms with E-state index in [9.17, 15) is 0 Å². The summed E-state index contributed by atoms with van der Waals surface area (Å²) in [6.45, 7) is 18.0. The fourth-order valence-electron chi connectivity index (χ4n) is 8.44. The number of nitrogens with zero attached hydrogens (tertiary/aromatic N) is 5. The van der Waals surface area contributed by atoms with Crippen LogP contribution in [0.3, 0.4) is 0 Å². The van der Waals surface area contributed by atoms with Crippen LogP contribution in [0.5, 0.6) is 23.0 Å². The van der Waals surface area contributed by atoms with E-state index in [0.29, 0.717) is 52.4 Å². The predicted octanol–water partition coefficient (Wildman–Crippen LogP) is 15.5. The summed E-state index contributed by atoms with van der Waals surface area (Å²) in [6.07, 6.45) is 8.17. The Labute approximate surface area is 387 Å². The Hall–Kier alpha value is -6.17. The van der Waals surface area contributed by atoms with Gasteiger partial charge < -0.3 is 14.4 Å².